The fourth-order valence-electron chi connectivity index (χ4n) is 2.56. The van der Waals surface area contributed by atoms with Crippen LogP contribution in [0.4, 0.5) is 0 Å². The van der Waals surface area contributed by atoms with E-state index in [2.05, 4.69) is 26.1 Å². The molecule has 2 heterocycles. The Hall–Kier alpha value is -2.22. The molecule has 144 valence electrons. The van der Waals surface area contributed by atoms with Gasteiger partial charge in [-0.15, -0.1) is 21.5 Å². The lowest BCUT2D eigenvalue weighted by Gasteiger charge is -2.11. The van der Waals surface area contributed by atoms with Gasteiger partial charge in [0.1, 0.15) is 22.0 Å². The van der Waals surface area contributed by atoms with Gasteiger partial charge in [-0.05, 0) is 46.1 Å². The van der Waals surface area contributed by atoms with Crippen molar-refractivity contribution in [1.29, 1.82) is 10.7 Å². The van der Waals surface area contributed by atoms with Crippen molar-refractivity contribution < 1.29 is 14.3 Å². The standard InChI is InChI=1S/C18H15BrN4O3S2/c1-3-13-22-23-18(28-13)14-15(24)12(27-17(14)21)8-9-6-10(19)16(26-5-4-20)11(7-9)25-2/h6-8,14,21H,3,5H2,1-2H3/b12-8-,21-17?/t14-/m0/s1. The Bertz CT molecular complexity index is 1010. The second kappa shape index (κ2) is 8.86. The Morgan fingerprint density at radius 3 is 2.86 bits per heavy atom. The van der Waals surface area contributed by atoms with Crippen LogP contribution < -0.4 is 9.47 Å². The zero-order chi connectivity index (χ0) is 20.3. The zero-order valence-electron chi connectivity index (χ0n) is 15.0. The number of ether oxygens (including phenoxy) is 2. The molecule has 1 aliphatic rings. The lowest BCUT2D eigenvalue weighted by Crippen LogP contribution is -2.11. The summed E-state index contributed by atoms with van der Waals surface area (Å²) in [5.74, 6) is 0.0183. The van der Waals surface area contributed by atoms with Gasteiger partial charge in [0.2, 0.25) is 0 Å². The van der Waals surface area contributed by atoms with Gasteiger partial charge in [0, 0.05) is 0 Å². The first-order chi connectivity index (χ1) is 13.5. The summed E-state index contributed by atoms with van der Waals surface area (Å²) in [4.78, 5) is 13.3. The maximum atomic E-state index is 12.9. The molecule has 3 rings (SSSR count). The maximum absolute atomic E-state index is 12.9. The molecule has 0 spiro atoms. The number of aromatic nitrogens is 2. The number of ketones is 1. The first kappa shape index (κ1) is 20.5. The summed E-state index contributed by atoms with van der Waals surface area (Å²) in [7, 11) is 1.50. The van der Waals surface area contributed by atoms with Gasteiger partial charge in [-0.2, -0.15) is 5.26 Å². The molecule has 1 aliphatic heterocycles. The van der Waals surface area contributed by atoms with E-state index in [4.69, 9.17) is 20.1 Å². The largest absolute Gasteiger partial charge is 0.493 e. The van der Waals surface area contributed by atoms with Gasteiger partial charge in [0.25, 0.3) is 0 Å². The molecule has 1 N–H and O–H groups in total. The number of rotatable bonds is 6. The van der Waals surface area contributed by atoms with Crippen LogP contribution in [0.2, 0.25) is 0 Å². The molecule has 0 unspecified atom stereocenters. The third-order valence-electron chi connectivity index (χ3n) is 3.85. The minimum Gasteiger partial charge on any atom is -0.493 e. The van der Waals surface area contributed by atoms with E-state index in [1.165, 1.54) is 18.4 Å². The second-order valence-corrected chi connectivity index (χ2v) is 8.67. The summed E-state index contributed by atoms with van der Waals surface area (Å²) in [6, 6.07) is 5.40. The number of thioether (sulfide) groups is 1. The number of nitrogens with zero attached hydrogens (tertiary/aromatic N) is 3. The molecule has 0 amide bonds. The van der Waals surface area contributed by atoms with Crippen molar-refractivity contribution in [2.45, 2.75) is 19.3 Å². The molecular weight excluding hydrogens is 464 g/mol. The number of benzene rings is 1. The van der Waals surface area contributed by atoms with Crippen LogP contribution in [0.1, 0.15) is 28.4 Å². The first-order valence-corrected chi connectivity index (χ1v) is 10.6. The van der Waals surface area contributed by atoms with Crippen molar-refractivity contribution in [3.63, 3.8) is 0 Å². The molecule has 1 aromatic carbocycles. The number of hydrogen-bond acceptors (Lipinski definition) is 9. The monoisotopic (exact) mass is 478 g/mol. The molecule has 28 heavy (non-hydrogen) atoms. The topological polar surface area (TPSA) is 109 Å². The molecule has 1 fully saturated rings. The Morgan fingerprint density at radius 1 is 1.43 bits per heavy atom. The second-order valence-electron chi connectivity index (χ2n) is 5.64. The third kappa shape index (κ3) is 4.11. The predicted octanol–water partition coefficient (Wildman–Crippen LogP) is 4.19. The smallest absolute Gasteiger partial charge is 0.186 e. The van der Waals surface area contributed by atoms with Crippen LogP contribution in [0.5, 0.6) is 11.5 Å². The summed E-state index contributed by atoms with van der Waals surface area (Å²) in [5, 5.41) is 26.7. The lowest BCUT2D eigenvalue weighted by molar-refractivity contribution is -0.114. The SMILES string of the molecule is CCc1nnc([C@@H]2C(=N)S/C(=C\c3cc(Br)c(OCC#N)c(OC)c3)C2=O)s1. The minimum absolute atomic E-state index is 0.107. The van der Waals surface area contributed by atoms with Crippen molar-refractivity contribution in [3.05, 3.63) is 37.1 Å². The number of methoxy groups -OCH3 is 1. The Labute approximate surface area is 178 Å². The van der Waals surface area contributed by atoms with Crippen molar-refractivity contribution >= 4 is 55.9 Å². The number of allylic oxidation sites excluding steroid dienone is 1. The molecule has 10 heteroatoms. The number of nitrogens with one attached hydrogen (secondary N) is 1. The van der Waals surface area contributed by atoms with E-state index in [0.717, 1.165) is 23.2 Å². The molecule has 0 radical (unpaired) electrons. The molecule has 7 nitrogen and oxygen atoms in total. The van der Waals surface area contributed by atoms with E-state index < -0.39 is 5.92 Å². The number of aryl methyl sites for hydroxylation is 1. The van der Waals surface area contributed by atoms with Crippen LogP contribution in [0.15, 0.2) is 21.5 Å². The Kier molecular flexibility index (Phi) is 6.49. The van der Waals surface area contributed by atoms with Crippen molar-refractivity contribution in [2.75, 3.05) is 13.7 Å². The van der Waals surface area contributed by atoms with E-state index in [1.54, 1.807) is 18.2 Å². The van der Waals surface area contributed by atoms with Crippen LogP contribution in [0, 0.1) is 16.7 Å². The molecule has 0 aliphatic carbocycles. The van der Waals surface area contributed by atoms with Gasteiger partial charge in [0.15, 0.2) is 23.9 Å². The van der Waals surface area contributed by atoms with E-state index in [1.807, 2.05) is 13.0 Å². The molecule has 1 atom stereocenters. The third-order valence-corrected chi connectivity index (χ3v) is 6.57. The van der Waals surface area contributed by atoms with Gasteiger partial charge < -0.3 is 9.47 Å². The highest BCUT2D eigenvalue weighted by Gasteiger charge is 2.39. The lowest BCUT2D eigenvalue weighted by atomic mass is 10.1. The van der Waals surface area contributed by atoms with Gasteiger partial charge in [0.05, 0.1) is 21.5 Å². The van der Waals surface area contributed by atoms with Crippen molar-refractivity contribution in [2.24, 2.45) is 0 Å². The van der Waals surface area contributed by atoms with E-state index in [0.29, 0.717) is 31.4 Å². The number of halogens is 1. The fraction of sp³-hybridized carbons (Fsp3) is 0.278. The molecule has 0 bridgehead atoms. The molecule has 2 aromatic rings. The highest BCUT2D eigenvalue weighted by molar-refractivity contribution is 9.10. The summed E-state index contributed by atoms with van der Waals surface area (Å²) >= 11 is 5.91. The normalized spacial score (nSPS) is 17.8. The van der Waals surface area contributed by atoms with Gasteiger partial charge >= 0.3 is 0 Å². The van der Waals surface area contributed by atoms with Crippen LogP contribution in [-0.4, -0.2) is 34.7 Å². The van der Waals surface area contributed by atoms with Gasteiger partial charge in [-0.1, -0.05) is 18.7 Å². The average Bonchev–Trinajstić information content (AvgIpc) is 3.24. The van der Waals surface area contributed by atoms with Crippen molar-refractivity contribution in [3.8, 4) is 17.6 Å². The van der Waals surface area contributed by atoms with E-state index in [9.17, 15) is 4.79 Å². The van der Waals surface area contributed by atoms with E-state index >= 15 is 0 Å². The van der Waals surface area contributed by atoms with Crippen LogP contribution >= 0.6 is 39.0 Å². The molecule has 0 saturated carbocycles. The number of carbonyl (C=O) groups is 1. The highest BCUT2D eigenvalue weighted by Crippen LogP contribution is 2.43. The number of hydrogen-bond donors (Lipinski definition) is 1. The maximum Gasteiger partial charge on any atom is 0.186 e. The number of Topliss-reactive ketones (excluding diaryl/α,β-unsaturated/α-hetero) is 1. The molecular formula is C18H15BrN4O3S2. The summed E-state index contributed by atoms with van der Waals surface area (Å²) in [6.45, 7) is 1.87. The highest BCUT2D eigenvalue weighted by atomic mass is 79.9. The van der Waals surface area contributed by atoms with Crippen molar-refractivity contribution in [1.82, 2.24) is 10.2 Å². The van der Waals surface area contributed by atoms with Crippen LogP contribution in [0.3, 0.4) is 0 Å². The minimum atomic E-state index is -0.683. The summed E-state index contributed by atoms with van der Waals surface area (Å²) in [5.41, 5.74) is 0.712. The quantitative estimate of drug-likeness (QED) is 0.619. The van der Waals surface area contributed by atoms with E-state index in [-0.39, 0.29) is 17.4 Å². The molecule has 1 aromatic heterocycles. The summed E-state index contributed by atoms with van der Waals surface area (Å²) < 4.78 is 11.3. The zero-order valence-corrected chi connectivity index (χ0v) is 18.2. The molecule has 1 saturated heterocycles. The first-order valence-electron chi connectivity index (χ1n) is 8.20. The summed E-state index contributed by atoms with van der Waals surface area (Å²) in [6.07, 6.45) is 2.46. The Balaban J connectivity index is 1.91. The predicted molar refractivity (Wildman–Crippen MR) is 112 cm³/mol. The number of carbonyl (C=O) groups excluding carboxylic acids is 1. The van der Waals surface area contributed by atoms with Crippen LogP contribution in [-0.2, 0) is 11.2 Å². The van der Waals surface area contributed by atoms with Crippen LogP contribution in [0.25, 0.3) is 6.08 Å². The average molecular weight is 479 g/mol. The number of nitriles is 1. The fourth-order valence-corrected chi connectivity index (χ4v) is 5.09. The van der Waals surface area contributed by atoms with Gasteiger partial charge in [-0.25, -0.2) is 0 Å². The van der Waals surface area contributed by atoms with Gasteiger partial charge in [-0.3, -0.25) is 10.2 Å². The Morgan fingerprint density at radius 2 is 2.21 bits per heavy atom.